The fourth-order valence-corrected chi connectivity index (χ4v) is 3.31. The van der Waals surface area contributed by atoms with Crippen LogP contribution in [0.3, 0.4) is 0 Å². The molecule has 0 unspecified atom stereocenters. The van der Waals surface area contributed by atoms with Crippen molar-refractivity contribution in [2.24, 2.45) is 20.0 Å². The first kappa shape index (κ1) is 20.3. The van der Waals surface area contributed by atoms with Gasteiger partial charge in [-0.2, -0.15) is 0 Å². The van der Waals surface area contributed by atoms with Crippen LogP contribution in [0.5, 0.6) is 0 Å². The molecule has 0 N–H and O–H groups in total. The van der Waals surface area contributed by atoms with E-state index in [-0.39, 0.29) is 29.1 Å². The van der Waals surface area contributed by atoms with Gasteiger partial charge in [-0.15, -0.1) is 0 Å². The zero-order valence-corrected chi connectivity index (χ0v) is 16.9. The Kier molecular flexibility index (Phi) is 6.33. The topological polar surface area (TPSA) is 88.1 Å². The second-order valence-corrected chi connectivity index (χ2v) is 7.88. The number of esters is 1. The minimum absolute atomic E-state index is 0.0881. The predicted octanol–water partition coefficient (Wildman–Crippen LogP) is 1.52. The molecular weight excluding hydrogens is 356 g/mol. The molecule has 0 aliphatic carbocycles. The Hall–Kier alpha value is -2.03. The van der Waals surface area contributed by atoms with E-state index < -0.39 is 0 Å². The maximum absolute atomic E-state index is 12.8. The molecule has 2 rings (SSSR count). The fraction of sp³-hybridized carbons (Fsp3) is 0.647. The molecule has 0 fully saturated rings. The van der Waals surface area contributed by atoms with Crippen LogP contribution in [0.2, 0.25) is 0 Å². The van der Waals surface area contributed by atoms with Gasteiger partial charge in [0.25, 0.3) is 5.56 Å². The number of ether oxygens (including phenoxy) is 1. The molecule has 8 nitrogen and oxygen atoms in total. The Labute approximate surface area is 156 Å². The van der Waals surface area contributed by atoms with Crippen molar-refractivity contribution in [3.63, 3.8) is 0 Å². The molecule has 0 spiro atoms. The van der Waals surface area contributed by atoms with E-state index in [2.05, 4.69) is 4.98 Å². The normalized spacial score (nSPS) is 11.7. The second-order valence-electron chi connectivity index (χ2n) is 6.93. The van der Waals surface area contributed by atoms with Gasteiger partial charge in [0, 0.05) is 20.6 Å². The molecule has 26 heavy (non-hydrogen) atoms. The summed E-state index contributed by atoms with van der Waals surface area (Å²) in [5.41, 5.74) is -0.0500. The highest BCUT2D eigenvalue weighted by molar-refractivity contribution is 7.99. The van der Waals surface area contributed by atoms with Crippen LogP contribution in [0.1, 0.15) is 34.1 Å². The van der Waals surface area contributed by atoms with E-state index >= 15 is 0 Å². The number of aromatic nitrogens is 4. The third-order valence-corrected chi connectivity index (χ3v) is 4.94. The van der Waals surface area contributed by atoms with Crippen LogP contribution < -0.4 is 11.2 Å². The van der Waals surface area contributed by atoms with Gasteiger partial charge in [0.15, 0.2) is 16.3 Å². The average molecular weight is 382 g/mol. The van der Waals surface area contributed by atoms with Crippen molar-refractivity contribution in [3.05, 3.63) is 20.8 Å². The lowest BCUT2D eigenvalue weighted by atomic mass is 10.1. The van der Waals surface area contributed by atoms with Gasteiger partial charge in [0.2, 0.25) is 0 Å². The highest BCUT2D eigenvalue weighted by Gasteiger charge is 2.19. The molecule has 2 aromatic heterocycles. The molecule has 0 aromatic carbocycles. The Morgan fingerprint density at radius 1 is 1.15 bits per heavy atom. The molecular formula is C17H26N4O4S. The summed E-state index contributed by atoms with van der Waals surface area (Å²) in [6, 6.07) is 0. The van der Waals surface area contributed by atoms with Gasteiger partial charge < -0.3 is 9.30 Å². The molecule has 0 amide bonds. The van der Waals surface area contributed by atoms with Gasteiger partial charge in [0.1, 0.15) is 0 Å². The number of hydrogen-bond acceptors (Lipinski definition) is 6. The summed E-state index contributed by atoms with van der Waals surface area (Å²) in [6.07, 6.45) is 0.554. The number of rotatable bonds is 7. The summed E-state index contributed by atoms with van der Waals surface area (Å²) in [6.45, 7) is 8.03. The van der Waals surface area contributed by atoms with E-state index in [0.717, 1.165) is 6.42 Å². The number of carbonyl (C=O) groups excluding carboxylic acids is 1. The van der Waals surface area contributed by atoms with Crippen LogP contribution in [0.25, 0.3) is 11.2 Å². The molecule has 9 heteroatoms. The number of imidazole rings is 1. The summed E-state index contributed by atoms with van der Waals surface area (Å²) in [5.74, 6) is 0.123. The van der Waals surface area contributed by atoms with Gasteiger partial charge in [-0.3, -0.25) is 18.7 Å². The number of thioether (sulfide) groups is 1. The summed E-state index contributed by atoms with van der Waals surface area (Å²) < 4.78 is 9.38. The van der Waals surface area contributed by atoms with E-state index in [4.69, 9.17) is 4.74 Å². The molecule has 0 aliphatic rings. The van der Waals surface area contributed by atoms with Crippen molar-refractivity contribution in [2.45, 2.75) is 51.9 Å². The fourth-order valence-electron chi connectivity index (χ4n) is 2.56. The number of nitrogens with zero attached hydrogens (tertiary/aromatic N) is 4. The first-order chi connectivity index (χ1) is 12.1. The highest BCUT2D eigenvalue weighted by Crippen LogP contribution is 2.20. The summed E-state index contributed by atoms with van der Waals surface area (Å²) >= 11 is 1.18. The smallest absolute Gasteiger partial charge is 0.332 e. The van der Waals surface area contributed by atoms with E-state index in [1.165, 1.54) is 20.9 Å². The lowest BCUT2D eigenvalue weighted by Crippen LogP contribution is -2.39. The zero-order valence-electron chi connectivity index (χ0n) is 16.1. The number of fused-ring (bicyclic) bond motifs is 1. The van der Waals surface area contributed by atoms with Gasteiger partial charge >= 0.3 is 11.7 Å². The molecule has 2 aromatic rings. The number of hydrogen-bond donors (Lipinski definition) is 0. The minimum atomic E-state index is -0.378. The standard InChI is InChI=1S/C17H26N4O4S/c1-10(2)7-8-21-15(23)13-14(20(6)17(21)24)18-16(19(13)5)26-9-12(22)25-11(3)4/h10-11H,7-9H2,1-6H3. The van der Waals surface area contributed by atoms with Crippen molar-refractivity contribution in [1.82, 2.24) is 18.7 Å². The van der Waals surface area contributed by atoms with E-state index in [1.807, 2.05) is 13.8 Å². The molecule has 2 heterocycles. The second kappa shape index (κ2) is 8.11. The van der Waals surface area contributed by atoms with Crippen LogP contribution in [-0.2, 0) is 30.2 Å². The van der Waals surface area contributed by atoms with Gasteiger partial charge in [-0.1, -0.05) is 25.6 Å². The molecule has 0 radical (unpaired) electrons. The Bertz CT molecular complexity index is 923. The van der Waals surface area contributed by atoms with Crippen molar-refractivity contribution < 1.29 is 9.53 Å². The first-order valence-corrected chi connectivity index (χ1v) is 9.60. The largest absolute Gasteiger partial charge is 0.462 e. The summed E-state index contributed by atoms with van der Waals surface area (Å²) in [5, 5.41) is 0.495. The third kappa shape index (κ3) is 4.20. The molecule has 0 saturated heterocycles. The van der Waals surface area contributed by atoms with Crippen molar-refractivity contribution in [2.75, 3.05) is 5.75 Å². The van der Waals surface area contributed by atoms with Crippen LogP contribution in [0.15, 0.2) is 14.7 Å². The van der Waals surface area contributed by atoms with Crippen molar-refractivity contribution in [1.29, 1.82) is 0 Å². The molecule has 0 saturated carbocycles. The molecule has 0 aliphatic heterocycles. The minimum Gasteiger partial charge on any atom is -0.462 e. The number of aryl methyl sites for hydroxylation is 2. The van der Waals surface area contributed by atoms with Gasteiger partial charge in [-0.05, 0) is 26.2 Å². The van der Waals surface area contributed by atoms with E-state index in [9.17, 15) is 14.4 Å². The van der Waals surface area contributed by atoms with Crippen molar-refractivity contribution >= 4 is 28.9 Å². The Balaban J connectivity index is 2.42. The van der Waals surface area contributed by atoms with Crippen LogP contribution in [0, 0.1) is 5.92 Å². The van der Waals surface area contributed by atoms with Gasteiger partial charge in [0.05, 0.1) is 11.9 Å². The maximum Gasteiger partial charge on any atom is 0.332 e. The first-order valence-electron chi connectivity index (χ1n) is 8.62. The Morgan fingerprint density at radius 3 is 2.38 bits per heavy atom. The highest BCUT2D eigenvalue weighted by atomic mass is 32.2. The lowest BCUT2D eigenvalue weighted by molar-refractivity contribution is -0.144. The molecule has 0 atom stereocenters. The van der Waals surface area contributed by atoms with E-state index in [0.29, 0.717) is 28.8 Å². The monoisotopic (exact) mass is 382 g/mol. The average Bonchev–Trinajstić information content (AvgIpc) is 2.87. The van der Waals surface area contributed by atoms with Crippen LogP contribution >= 0.6 is 11.8 Å². The number of carbonyl (C=O) groups is 1. The third-order valence-electron chi connectivity index (χ3n) is 3.94. The Morgan fingerprint density at radius 2 is 1.81 bits per heavy atom. The predicted molar refractivity (Wildman–Crippen MR) is 102 cm³/mol. The lowest BCUT2D eigenvalue weighted by Gasteiger charge is -2.10. The zero-order chi connectivity index (χ0) is 19.6. The molecule has 0 bridgehead atoms. The van der Waals surface area contributed by atoms with Gasteiger partial charge in [-0.25, -0.2) is 9.78 Å². The maximum atomic E-state index is 12.8. The van der Waals surface area contributed by atoms with Crippen LogP contribution in [-0.4, -0.2) is 36.5 Å². The summed E-state index contributed by atoms with van der Waals surface area (Å²) in [7, 11) is 3.31. The van der Waals surface area contributed by atoms with Crippen molar-refractivity contribution in [3.8, 4) is 0 Å². The van der Waals surface area contributed by atoms with Crippen LogP contribution in [0.4, 0.5) is 0 Å². The quantitative estimate of drug-likeness (QED) is 0.533. The molecule has 144 valence electrons. The van der Waals surface area contributed by atoms with E-state index in [1.54, 1.807) is 32.5 Å². The summed E-state index contributed by atoms with van der Waals surface area (Å²) in [4.78, 5) is 41.5. The SMILES string of the molecule is CC(C)CCn1c(=O)c2c(nc(SCC(=O)OC(C)C)n2C)n(C)c1=O.